The molecule has 0 fully saturated rings. The van der Waals surface area contributed by atoms with Crippen LogP contribution < -0.4 is 20.1 Å². The number of nitrogens with one attached hydrogen (secondary N) is 2. The SMILES string of the molecule is O=C(NCC(O)COc1ccc(C2C3=C(CCN2C(=O)Oc2ccc(Cl)cc2)C2C=C(Cl)C=CC2N3)cc1)c1cccnc1. The van der Waals surface area contributed by atoms with Crippen LogP contribution in [0.1, 0.15) is 28.4 Å². The summed E-state index contributed by atoms with van der Waals surface area (Å²) < 4.78 is 11.5. The molecule has 2 aliphatic heterocycles. The maximum Gasteiger partial charge on any atom is 0.416 e. The summed E-state index contributed by atoms with van der Waals surface area (Å²) in [4.78, 5) is 31.4. The Morgan fingerprint density at radius 1 is 1.09 bits per heavy atom. The molecule has 2 aromatic carbocycles. The molecule has 4 atom stereocenters. The van der Waals surface area contributed by atoms with E-state index >= 15 is 0 Å². The van der Waals surface area contributed by atoms with Gasteiger partial charge in [-0.2, -0.15) is 0 Å². The van der Waals surface area contributed by atoms with E-state index in [1.54, 1.807) is 59.6 Å². The summed E-state index contributed by atoms with van der Waals surface area (Å²) in [5.74, 6) is 0.734. The molecule has 226 valence electrons. The largest absolute Gasteiger partial charge is 0.491 e. The van der Waals surface area contributed by atoms with Crippen LogP contribution in [-0.4, -0.2) is 58.8 Å². The van der Waals surface area contributed by atoms with Crippen molar-refractivity contribution in [1.29, 1.82) is 0 Å². The molecule has 3 heterocycles. The number of hydrogen-bond acceptors (Lipinski definition) is 7. The fraction of sp³-hybridized carbons (Fsp3) is 0.242. The number of aliphatic hydroxyl groups is 1. The average molecular weight is 634 g/mol. The third kappa shape index (κ3) is 6.60. The van der Waals surface area contributed by atoms with Crippen molar-refractivity contribution in [3.8, 4) is 11.5 Å². The van der Waals surface area contributed by atoms with Crippen LogP contribution in [0.25, 0.3) is 0 Å². The number of benzene rings is 2. The lowest BCUT2D eigenvalue weighted by atomic mass is 9.85. The molecule has 0 spiro atoms. The zero-order valence-corrected chi connectivity index (χ0v) is 25.0. The highest BCUT2D eigenvalue weighted by Gasteiger charge is 2.43. The molecule has 0 saturated heterocycles. The number of pyridine rings is 1. The standard InChI is InChI=1S/C33H30Cl2N4O5/c34-22-5-10-26(11-6-22)44-33(42)39-15-13-27-28-16-23(35)7-12-29(28)38-30(27)31(39)20-3-8-25(9-4-20)43-19-24(40)18-37-32(41)21-2-1-14-36-17-21/h1-12,14,16-17,24,28-29,31,38,40H,13,15,18-19H2,(H,37,41). The van der Waals surface area contributed by atoms with Gasteiger partial charge in [0.15, 0.2) is 0 Å². The number of amides is 2. The highest BCUT2D eigenvalue weighted by molar-refractivity contribution is 6.31. The topological polar surface area (TPSA) is 113 Å². The highest BCUT2D eigenvalue weighted by Crippen LogP contribution is 2.45. The summed E-state index contributed by atoms with van der Waals surface area (Å²) in [6.45, 7) is 0.469. The number of nitrogens with zero attached hydrogens (tertiary/aromatic N) is 2. The lowest BCUT2D eigenvalue weighted by molar-refractivity contribution is 0.0843. The first-order valence-corrected chi connectivity index (χ1v) is 15.0. The van der Waals surface area contributed by atoms with Gasteiger partial charge in [0.1, 0.15) is 30.3 Å². The fourth-order valence-electron chi connectivity index (χ4n) is 5.65. The summed E-state index contributed by atoms with van der Waals surface area (Å²) in [5, 5.41) is 17.9. The van der Waals surface area contributed by atoms with Crippen LogP contribution in [0.4, 0.5) is 4.79 Å². The molecule has 44 heavy (non-hydrogen) atoms. The van der Waals surface area contributed by atoms with Gasteiger partial charge in [-0.1, -0.05) is 47.5 Å². The summed E-state index contributed by atoms with van der Waals surface area (Å²) in [7, 11) is 0. The number of allylic oxidation sites excluding steroid dienone is 2. The Labute approximate surface area is 264 Å². The molecule has 4 unspecified atom stereocenters. The first kappa shape index (κ1) is 29.7. The normalized spacial score (nSPS) is 21.0. The average Bonchev–Trinajstić information content (AvgIpc) is 3.41. The monoisotopic (exact) mass is 632 g/mol. The number of halogens is 2. The predicted molar refractivity (Wildman–Crippen MR) is 167 cm³/mol. The second-order valence-electron chi connectivity index (χ2n) is 10.7. The van der Waals surface area contributed by atoms with E-state index in [0.717, 1.165) is 11.3 Å². The number of carbonyl (C=O) groups is 2. The Morgan fingerprint density at radius 3 is 2.61 bits per heavy atom. The Morgan fingerprint density at radius 2 is 1.86 bits per heavy atom. The molecule has 3 aliphatic rings. The Balaban J connectivity index is 1.16. The Hall–Kier alpha value is -4.31. The molecule has 3 N–H and O–H groups in total. The van der Waals surface area contributed by atoms with Crippen LogP contribution in [0.2, 0.25) is 5.02 Å². The van der Waals surface area contributed by atoms with E-state index in [1.165, 1.54) is 11.8 Å². The van der Waals surface area contributed by atoms with Crippen molar-refractivity contribution < 1.29 is 24.2 Å². The van der Waals surface area contributed by atoms with E-state index in [2.05, 4.69) is 27.8 Å². The zero-order chi connectivity index (χ0) is 30.6. The summed E-state index contributed by atoms with van der Waals surface area (Å²) in [6, 6.07) is 17.0. The first-order valence-electron chi connectivity index (χ1n) is 14.2. The molecule has 3 aromatic rings. The van der Waals surface area contributed by atoms with E-state index in [4.69, 9.17) is 32.7 Å². The fourth-order valence-corrected chi connectivity index (χ4v) is 5.98. The van der Waals surface area contributed by atoms with Crippen molar-refractivity contribution in [2.45, 2.75) is 24.6 Å². The van der Waals surface area contributed by atoms with Gasteiger partial charge in [-0.3, -0.25) is 14.7 Å². The van der Waals surface area contributed by atoms with Gasteiger partial charge in [-0.15, -0.1) is 0 Å². The molecule has 1 aliphatic carbocycles. The van der Waals surface area contributed by atoms with Crippen molar-refractivity contribution in [3.05, 3.63) is 124 Å². The van der Waals surface area contributed by atoms with Gasteiger partial charge in [0.05, 0.1) is 11.6 Å². The van der Waals surface area contributed by atoms with E-state index in [-0.39, 0.29) is 31.0 Å². The molecule has 0 saturated carbocycles. The van der Waals surface area contributed by atoms with Gasteiger partial charge in [0.25, 0.3) is 5.91 Å². The molecule has 0 radical (unpaired) electrons. The summed E-state index contributed by atoms with van der Waals surface area (Å²) in [6.07, 6.45) is 8.34. The molecular weight excluding hydrogens is 603 g/mol. The molecule has 6 rings (SSSR count). The smallest absolute Gasteiger partial charge is 0.416 e. The maximum absolute atomic E-state index is 13.5. The van der Waals surface area contributed by atoms with Crippen LogP contribution in [-0.2, 0) is 0 Å². The predicted octanol–water partition coefficient (Wildman–Crippen LogP) is 5.39. The van der Waals surface area contributed by atoms with Gasteiger partial charge < -0.3 is 25.2 Å². The van der Waals surface area contributed by atoms with Crippen LogP contribution in [0.15, 0.2) is 108 Å². The Bertz CT molecular complexity index is 1610. The summed E-state index contributed by atoms with van der Waals surface area (Å²) >= 11 is 12.4. The first-order chi connectivity index (χ1) is 21.4. The van der Waals surface area contributed by atoms with Crippen molar-refractivity contribution in [3.63, 3.8) is 0 Å². The van der Waals surface area contributed by atoms with Gasteiger partial charge in [-0.25, -0.2) is 4.79 Å². The van der Waals surface area contributed by atoms with E-state index in [0.29, 0.717) is 40.1 Å². The molecule has 1 aromatic heterocycles. The Kier molecular flexibility index (Phi) is 8.88. The van der Waals surface area contributed by atoms with Crippen LogP contribution in [0, 0.1) is 5.92 Å². The third-order valence-electron chi connectivity index (χ3n) is 7.78. The van der Waals surface area contributed by atoms with Crippen LogP contribution >= 0.6 is 23.2 Å². The minimum atomic E-state index is -0.918. The number of fused-ring (bicyclic) bond motifs is 2. The molecule has 9 nitrogen and oxygen atoms in total. The minimum absolute atomic E-state index is 0.0186. The van der Waals surface area contributed by atoms with Gasteiger partial charge in [-0.05, 0) is 72.2 Å². The van der Waals surface area contributed by atoms with Crippen molar-refractivity contribution in [1.82, 2.24) is 20.5 Å². The van der Waals surface area contributed by atoms with E-state index in [1.807, 2.05) is 18.2 Å². The summed E-state index contributed by atoms with van der Waals surface area (Å²) in [5.41, 5.74) is 3.45. The second-order valence-corrected chi connectivity index (χ2v) is 11.6. The number of aromatic nitrogens is 1. The second kappa shape index (κ2) is 13.1. The third-order valence-corrected chi connectivity index (χ3v) is 8.28. The van der Waals surface area contributed by atoms with Gasteiger partial charge >= 0.3 is 6.09 Å². The maximum atomic E-state index is 13.5. The highest BCUT2D eigenvalue weighted by atomic mass is 35.5. The van der Waals surface area contributed by atoms with Crippen LogP contribution in [0.5, 0.6) is 11.5 Å². The van der Waals surface area contributed by atoms with E-state index < -0.39 is 18.2 Å². The van der Waals surface area contributed by atoms with Crippen molar-refractivity contribution in [2.24, 2.45) is 5.92 Å². The van der Waals surface area contributed by atoms with Crippen molar-refractivity contribution in [2.75, 3.05) is 19.7 Å². The minimum Gasteiger partial charge on any atom is -0.491 e. The number of rotatable bonds is 8. The molecular formula is C33H30Cl2N4O5. The number of hydrogen-bond donors (Lipinski definition) is 3. The number of carbonyl (C=O) groups excluding carboxylic acids is 2. The van der Waals surface area contributed by atoms with Crippen LogP contribution in [0.3, 0.4) is 0 Å². The number of ether oxygens (including phenoxy) is 2. The molecule has 0 bridgehead atoms. The van der Waals surface area contributed by atoms with E-state index in [9.17, 15) is 14.7 Å². The molecule has 2 amide bonds. The molecule has 11 heteroatoms. The zero-order valence-electron chi connectivity index (χ0n) is 23.5. The van der Waals surface area contributed by atoms with Gasteiger partial charge in [0.2, 0.25) is 0 Å². The number of aliphatic hydroxyl groups excluding tert-OH is 1. The van der Waals surface area contributed by atoms with Gasteiger partial charge in [0, 0.05) is 47.2 Å². The lowest BCUT2D eigenvalue weighted by Gasteiger charge is -2.37. The van der Waals surface area contributed by atoms with Crippen molar-refractivity contribution >= 4 is 35.2 Å². The lowest BCUT2D eigenvalue weighted by Crippen LogP contribution is -2.43. The quantitative estimate of drug-likeness (QED) is 0.305.